The molecule has 1 aliphatic heterocycles. The molecule has 1 heterocycles. The Morgan fingerprint density at radius 3 is 1.83 bits per heavy atom. The van der Waals surface area contributed by atoms with E-state index in [1.54, 1.807) is 6.07 Å². The summed E-state index contributed by atoms with van der Waals surface area (Å²) in [5.41, 5.74) is -0.0504. The lowest BCUT2D eigenvalue weighted by Gasteiger charge is -2.36. The number of Topliss-reactive ketones (excluding diaryl/α,β-unsaturated/α-hetero) is 1. The van der Waals surface area contributed by atoms with Crippen LogP contribution in [0.3, 0.4) is 0 Å². The van der Waals surface area contributed by atoms with Crippen LogP contribution in [0.15, 0.2) is 76.8 Å². The van der Waals surface area contributed by atoms with E-state index in [1.807, 2.05) is 0 Å². The van der Waals surface area contributed by atoms with Gasteiger partial charge in [-0.25, -0.2) is 9.80 Å². The van der Waals surface area contributed by atoms with Gasteiger partial charge in [0.1, 0.15) is 22.0 Å². The predicted octanol–water partition coefficient (Wildman–Crippen LogP) is 8.55. The lowest BCUT2D eigenvalue weighted by atomic mass is 9.84. The molecule has 2 aliphatic carbocycles. The summed E-state index contributed by atoms with van der Waals surface area (Å²) >= 11 is 57.9. The van der Waals surface area contributed by atoms with Crippen LogP contribution in [0.25, 0.3) is 0 Å². The average molecular weight is 831 g/mol. The summed E-state index contributed by atoms with van der Waals surface area (Å²) in [5, 5.41) is 0.838. The Labute approximate surface area is 317 Å². The fourth-order valence-electron chi connectivity index (χ4n) is 5.98. The van der Waals surface area contributed by atoms with Gasteiger partial charge in [-0.1, -0.05) is 93.3 Å². The molecule has 17 heteroatoms. The van der Waals surface area contributed by atoms with E-state index in [9.17, 15) is 24.0 Å². The van der Waals surface area contributed by atoms with Gasteiger partial charge in [-0.15, -0.1) is 23.2 Å². The molecule has 3 amide bonds. The van der Waals surface area contributed by atoms with E-state index in [0.717, 1.165) is 0 Å². The van der Waals surface area contributed by atoms with Crippen molar-refractivity contribution in [1.29, 1.82) is 0 Å². The number of nitrogens with zero attached hydrogens (tertiary/aromatic N) is 2. The predicted molar refractivity (Wildman–Crippen MR) is 184 cm³/mol. The van der Waals surface area contributed by atoms with Gasteiger partial charge in [-0.3, -0.25) is 19.2 Å². The number of benzene rings is 3. The van der Waals surface area contributed by atoms with E-state index < -0.39 is 61.9 Å². The minimum absolute atomic E-state index is 0.0200. The van der Waals surface area contributed by atoms with Crippen LogP contribution < -0.4 is 4.74 Å². The van der Waals surface area contributed by atoms with Crippen LogP contribution in [0, 0.1) is 11.8 Å². The Kier molecular flexibility index (Phi) is 9.28. The van der Waals surface area contributed by atoms with Gasteiger partial charge in [0.25, 0.3) is 17.7 Å². The highest BCUT2D eigenvalue weighted by atomic mass is 35.5. The van der Waals surface area contributed by atoms with Crippen LogP contribution in [0.1, 0.15) is 31.1 Å². The molecule has 0 unspecified atom stereocenters. The van der Waals surface area contributed by atoms with Crippen molar-refractivity contribution in [2.75, 3.05) is 6.54 Å². The molecule has 4 atom stereocenters. The number of halogens is 9. The number of alkyl halides is 4. The number of esters is 1. The SMILES string of the molecule is O=C(CN(C(=O)c1ccccc1Cl)N1C(=O)[C@@H]2[C@H](C1=O)[C@@]1(Cl)C(Cl)=C(Cl)[C@@]2(Cl)C1(Cl)Cl)c1ccc(OC(=O)c2ccc(Cl)cc2Cl)cc1. The summed E-state index contributed by atoms with van der Waals surface area (Å²) in [6.45, 7) is -0.840. The van der Waals surface area contributed by atoms with Crippen molar-refractivity contribution in [2.45, 2.75) is 14.1 Å². The van der Waals surface area contributed by atoms with Gasteiger partial charge in [0.15, 0.2) is 10.1 Å². The summed E-state index contributed by atoms with van der Waals surface area (Å²) < 4.78 is 3.14. The Balaban J connectivity index is 1.31. The first-order valence-electron chi connectivity index (χ1n) is 13.5. The molecule has 3 aliphatic rings. The van der Waals surface area contributed by atoms with Crippen LogP contribution in [0.2, 0.25) is 15.1 Å². The number of amides is 3. The Morgan fingerprint density at radius 2 is 1.29 bits per heavy atom. The van der Waals surface area contributed by atoms with Crippen molar-refractivity contribution in [3.63, 3.8) is 0 Å². The molecule has 2 bridgehead atoms. The van der Waals surface area contributed by atoms with Crippen LogP contribution in [0.5, 0.6) is 5.75 Å². The van der Waals surface area contributed by atoms with E-state index in [0.29, 0.717) is 15.0 Å². The van der Waals surface area contributed by atoms with Gasteiger partial charge in [-0.2, -0.15) is 5.01 Å². The number of hydrogen-bond acceptors (Lipinski definition) is 6. The van der Waals surface area contributed by atoms with Crippen LogP contribution in [0.4, 0.5) is 0 Å². The van der Waals surface area contributed by atoms with Gasteiger partial charge >= 0.3 is 5.97 Å². The normalized spacial score (nSPS) is 25.4. The first-order valence-corrected chi connectivity index (χ1v) is 16.9. The number of allylic oxidation sites excluding steroid dienone is 2. The standard InChI is InChI=1S/C31H15Cl9N2O6/c32-14-7-10-17(19(34)11-14)28(47)48-15-8-5-13(6-9-15)20(43)12-41(25(44)16-3-1-2-4-18(16)33)42-26(45)21-22(27(42)46)30(38)24(36)23(35)29(21,37)31(30,39)40/h1-11,21-22H,12H2/t21-,22+,29-,30-/m1/s1. The number of fused-ring (bicyclic) bond motifs is 5. The second kappa shape index (κ2) is 12.5. The summed E-state index contributed by atoms with van der Waals surface area (Å²) in [6.07, 6.45) is 0. The number of carbonyl (C=O) groups is 5. The molecule has 0 N–H and O–H groups in total. The van der Waals surface area contributed by atoms with Crippen molar-refractivity contribution in [2.24, 2.45) is 11.8 Å². The van der Waals surface area contributed by atoms with E-state index in [1.165, 1.54) is 60.7 Å². The molecule has 248 valence electrons. The van der Waals surface area contributed by atoms with Gasteiger partial charge in [0.2, 0.25) is 0 Å². The molecule has 1 saturated carbocycles. The lowest BCUT2D eigenvalue weighted by molar-refractivity contribution is -0.154. The van der Waals surface area contributed by atoms with Crippen molar-refractivity contribution in [3.05, 3.63) is 109 Å². The van der Waals surface area contributed by atoms with Crippen molar-refractivity contribution < 1.29 is 28.7 Å². The highest BCUT2D eigenvalue weighted by Gasteiger charge is 2.88. The quantitative estimate of drug-likeness (QED) is 0.0779. The molecule has 6 rings (SSSR count). The molecule has 8 nitrogen and oxygen atoms in total. The molecule has 3 aromatic carbocycles. The van der Waals surface area contributed by atoms with Gasteiger partial charge in [-0.05, 0) is 54.6 Å². The highest BCUT2D eigenvalue weighted by Crippen LogP contribution is 2.77. The summed E-state index contributed by atoms with van der Waals surface area (Å²) in [4.78, 5) is 64.1. The molecule has 0 radical (unpaired) electrons. The highest BCUT2D eigenvalue weighted by molar-refractivity contribution is 6.67. The van der Waals surface area contributed by atoms with Crippen molar-refractivity contribution in [1.82, 2.24) is 10.0 Å². The number of hydrazine groups is 1. The zero-order valence-corrected chi connectivity index (χ0v) is 30.3. The Hall–Kier alpha value is -2.24. The van der Waals surface area contributed by atoms with E-state index in [2.05, 4.69) is 0 Å². The first-order chi connectivity index (χ1) is 22.5. The average Bonchev–Trinajstić information content (AvgIpc) is 3.42. The maximum atomic E-state index is 14.1. The zero-order chi connectivity index (χ0) is 35.1. The van der Waals surface area contributed by atoms with E-state index in [4.69, 9.17) is 109 Å². The molecular weight excluding hydrogens is 815 g/mol. The molecule has 48 heavy (non-hydrogen) atoms. The number of carbonyl (C=O) groups excluding carboxylic acids is 5. The second-order valence-electron chi connectivity index (χ2n) is 10.9. The van der Waals surface area contributed by atoms with Gasteiger partial charge in [0, 0.05) is 10.6 Å². The fraction of sp³-hybridized carbons (Fsp3) is 0.194. The third-order valence-electron chi connectivity index (χ3n) is 8.30. The maximum Gasteiger partial charge on any atom is 0.345 e. The summed E-state index contributed by atoms with van der Waals surface area (Å²) in [6, 6.07) is 15.3. The maximum absolute atomic E-state index is 14.1. The summed E-state index contributed by atoms with van der Waals surface area (Å²) in [5.74, 6) is -7.64. The first kappa shape index (κ1) is 35.6. The largest absolute Gasteiger partial charge is 0.423 e. The number of ether oxygens (including phenoxy) is 1. The zero-order valence-electron chi connectivity index (χ0n) is 23.5. The Bertz CT molecular complexity index is 1940. The van der Waals surface area contributed by atoms with Gasteiger partial charge in [0.05, 0.1) is 43.1 Å². The van der Waals surface area contributed by atoms with Crippen LogP contribution in [-0.2, 0) is 9.59 Å². The number of hydrogen-bond donors (Lipinski definition) is 0. The fourth-order valence-corrected chi connectivity index (χ4v) is 9.61. The second-order valence-corrected chi connectivity index (χ2v) is 15.4. The molecular formula is C31H15Cl9N2O6. The van der Waals surface area contributed by atoms with E-state index >= 15 is 0 Å². The number of rotatable bonds is 7. The van der Waals surface area contributed by atoms with Crippen LogP contribution >= 0.6 is 104 Å². The minimum Gasteiger partial charge on any atom is -0.423 e. The smallest absolute Gasteiger partial charge is 0.345 e. The molecule has 0 spiro atoms. The third kappa shape index (κ3) is 5.06. The number of ketones is 1. The monoisotopic (exact) mass is 826 g/mol. The molecule has 2 fully saturated rings. The summed E-state index contributed by atoms with van der Waals surface area (Å²) in [7, 11) is 0. The topological polar surface area (TPSA) is 101 Å². The van der Waals surface area contributed by atoms with Crippen molar-refractivity contribution in [3.8, 4) is 5.75 Å². The van der Waals surface area contributed by atoms with E-state index in [-0.39, 0.29) is 42.5 Å². The Morgan fingerprint density at radius 1 is 0.729 bits per heavy atom. The molecule has 3 aromatic rings. The van der Waals surface area contributed by atoms with Crippen molar-refractivity contribution >= 4 is 134 Å². The molecule has 0 aromatic heterocycles. The molecule has 1 saturated heterocycles. The van der Waals surface area contributed by atoms with Gasteiger partial charge < -0.3 is 4.74 Å². The third-order valence-corrected chi connectivity index (χ3v) is 13.4. The van der Waals surface area contributed by atoms with Crippen LogP contribution in [-0.4, -0.2) is 60.1 Å². The minimum atomic E-state index is -2.21. The lowest BCUT2D eigenvalue weighted by Crippen LogP contribution is -2.56. The number of imide groups is 1.